The molecule has 0 bridgehead atoms. The molecule has 1 atom stereocenters. The van der Waals surface area contributed by atoms with Crippen LogP contribution >= 0.6 is 0 Å². The third-order valence-electron chi connectivity index (χ3n) is 16.5. The number of carbonyl (C=O) groups is 4. The van der Waals surface area contributed by atoms with Crippen LogP contribution in [0.2, 0.25) is 0 Å². The molecule has 4 aromatic rings. The van der Waals surface area contributed by atoms with Crippen LogP contribution in [-0.4, -0.2) is 359 Å². The fourth-order valence-corrected chi connectivity index (χ4v) is 11.4. The molecule has 36 nitrogen and oxygen atoms in total. The number of amides is 2. The van der Waals surface area contributed by atoms with Crippen molar-refractivity contribution in [2.75, 3.05) is 281 Å². The molecule has 3 aromatic carbocycles. The summed E-state index contributed by atoms with van der Waals surface area (Å²) in [6.45, 7) is 9.39. The molecule has 37 heteroatoms. The summed E-state index contributed by atoms with van der Waals surface area (Å²) in [7, 11) is 8.02. The molecule has 0 saturated heterocycles. The molecular formula is C78H126N3O33S+. The largest absolute Gasteiger partial charge is 0.486 e. The summed E-state index contributed by atoms with van der Waals surface area (Å²) in [5.74, 6) is -2.68. The van der Waals surface area contributed by atoms with Crippen molar-refractivity contribution in [3.8, 4) is 17.2 Å². The zero-order valence-corrected chi connectivity index (χ0v) is 69.4. The van der Waals surface area contributed by atoms with Gasteiger partial charge in [-0.2, -0.15) is 13.0 Å². The van der Waals surface area contributed by atoms with Crippen molar-refractivity contribution in [3.05, 3.63) is 70.8 Å². The summed E-state index contributed by atoms with van der Waals surface area (Å²) in [4.78, 5) is 52.5. The number of nitrogens with zero attached hydrogens (tertiary/aromatic N) is 1. The fraction of sp³-hybridized carbons (Fsp3) is 0.705. The molecule has 656 valence electrons. The van der Waals surface area contributed by atoms with Gasteiger partial charge in [-0.25, -0.2) is 4.79 Å². The highest BCUT2D eigenvalue weighted by Gasteiger charge is 2.31. The number of aliphatic carboxylic acids is 1. The molecule has 1 heterocycles. The SMILES string of the molecule is COCCOCC(COCCOC)OCC(COC(COCCOC)COCCOC)Oc1ccc2c(c1)c(C(=O)Oc1c(C)cc(C(=O)NCCOCCOCCNC(=O)CCCC(=O)O)cc1C)c1cc(OC(COC(COCCOC)COCCOC)OC(COCCOC)COCCOC)ccc1[n+]2CCCS(=O)(=O)O. The Balaban J connectivity index is 1.96. The Kier molecular flexibility index (Phi) is 55.4. The Bertz CT molecular complexity index is 3300. The third kappa shape index (κ3) is 44.5. The highest BCUT2D eigenvalue weighted by molar-refractivity contribution is 7.85. The predicted octanol–water partition coefficient (Wildman–Crippen LogP) is 3.83. The van der Waals surface area contributed by atoms with Crippen LogP contribution < -0.4 is 29.4 Å². The molecule has 1 aromatic heterocycles. The number of hydrogen-bond donors (Lipinski definition) is 4. The topological polar surface area (TPSA) is 402 Å². The summed E-state index contributed by atoms with van der Waals surface area (Å²) in [6.07, 6.45) is -4.71. The monoisotopic (exact) mass is 1660 g/mol. The van der Waals surface area contributed by atoms with E-state index in [1.165, 1.54) is 0 Å². The third-order valence-corrected chi connectivity index (χ3v) is 17.3. The normalized spacial score (nSPS) is 12.2. The number of carboxylic acids is 1. The highest BCUT2D eigenvalue weighted by Crippen LogP contribution is 2.34. The van der Waals surface area contributed by atoms with E-state index >= 15 is 4.79 Å². The predicted molar refractivity (Wildman–Crippen MR) is 417 cm³/mol. The number of benzene rings is 3. The molecular weight excluding hydrogens is 1540 g/mol. The summed E-state index contributed by atoms with van der Waals surface area (Å²) >= 11 is 0. The lowest BCUT2D eigenvalue weighted by Crippen LogP contribution is -2.39. The van der Waals surface area contributed by atoms with Gasteiger partial charge >= 0.3 is 11.9 Å². The van der Waals surface area contributed by atoms with E-state index < -0.39 is 70.5 Å². The van der Waals surface area contributed by atoms with E-state index in [1.54, 1.807) is 119 Å². The number of carboxylic acid groups (broad SMARTS) is 1. The van der Waals surface area contributed by atoms with Gasteiger partial charge in [-0.1, -0.05) is 0 Å². The first kappa shape index (κ1) is 101. The van der Waals surface area contributed by atoms with Crippen molar-refractivity contribution in [3.63, 3.8) is 0 Å². The van der Waals surface area contributed by atoms with Gasteiger partial charge in [0, 0.05) is 107 Å². The van der Waals surface area contributed by atoms with Crippen LogP contribution in [0.5, 0.6) is 17.2 Å². The van der Waals surface area contributed by atoms with Crippen LogP contribution in [0.25, 0.3) is 21.8 Å². The summed E-state index contributed by atoms with van der Waals surface area (Å²) < 4.78 is 185. The first-order chi connectivity index (χ1) is 55.8. The maximum Gasteiger partial charge on any atom is 0.345 e. The quantitative estimate of drug-likeness (QED) is 0.00928. The molecule has 0 saturated carbocycles. The van der Waals surface area contributed by atoms with Crippen molar-refractivity contribution in [1.29, 1.82) is 0 Å². The first-order valence-electron chi connectivity index (χ1n) is 38.3. The van der Waals surface area contributed by atoms with Crippen LogP contribution in [-0.2, 0) is 130 Å². The van der Waals surface area contributed by atoms with E-state index in [-0.39, 0.29) is 242 Å². The number of fused-ring (bicyclic) bond motifs is 2. The van der Waals surface area contributed by atoms with Crippen molar-refractivity contribution in [1.82, 2.24) is 10.6 Å². The second-order valence-corrected chi connectivity index (χ2v) is 27.5. The summed E-state index contributed by atoms with van der Waals surface area (Å²) in [5, 5.41) is 14.8. The lowest BCUT2D eigenvalue weighted by molar-refractivity contribution is -0.645. The number of carbonyl (C=O) groups excluding carboxylic acids is 3. The van der Waals surface area contributed by atoms with Gasteiger partial charge < -0.3 is 134 Å². The number of hydrogen-bond acceptors (Lipinski definition) is 31. The molecule has 0 spiro atoms. The molecule has 0 radical (unpaired) electrons. The number of aryl methyl sites for hydroxylation is 3. The van der Waals surface area contributed by atoms with Crippen LogP contribution in [0, 0.1) is 13.8 Å². The van der Waals surface area contributed by atoms with Crippen LogP contribution in [0.15, 0.2) is 48.5 Å². The molecule has 2 amide bonds. The molecule has 4 N–H and O–H groups in total. The molecule has 115 heavy (non-hydrogen) atoms. The standard InChI is InChI=1S/C78H125N3O33S/c1-58-43-60(77(85)80-20-23-99-41-40-98-22-19-79-72(82)13-11-14-73(83)84)44-59(2)76(58)114-78(86)75-68-45-61(111-67(55-108-63(47-100-32-24-90-3)48-101-33-25-91-4)56-109-64(49-102-34-26-92-5)50-103-35-27-93-6)15-17-70(68)81(21-12-42-115(87,88)89)71-18-16-62(46-69(71)75)112-74(113-66(53-106-38-30-96-9)54-107-39-31-97-10)57-110-65(51-104-36-28-94-7)52-105-37-29-95-8/h15-18,43-46,63-67,74H,11-14,19-42,47-57H2,1-10H3,(H3-,79,80,82,83,84,85,87,88,89)/p+1. The summed E-state index contributed by atoms with van der Waals surface area (Å²) in [5.41, 5.74) is 1.87. The van der Waals surface area contributed by atoms with Crippen molar-refractivity contribution in [2.24, 2.45) is 0 Å². The van der Waals surface area contributed by atoms with Gasteiger partial charge in [0.05, 0.1) is 220 Å². The minimum absolute atomic E-state index is 0.0205. The fourth-order valence-electron chi connectivity index (χ4n) is 10.9. The highest BCUT2D eigenvalue weighted by atomic mass is 32.2. The van der Waals surface area contributed by atoms with Gasteiger partial charge in [0.1, 0.15) is 54.4 Å². The number of rotatable bonds is 75. The average molecular weight is 1670 g/mol. The van der Waals surface area contributed by atoms with E-state index in [9.17, 15) is 27.4 Å². The summed E-state index contributed by atoms with van der Waals surface area (Å²) in [6, 6.07) is 13.2. The van der Waals surface area contributed by atoms with E-state index in [2.05, 4.69) is 10.6 Å². The van der Waals surface area contributed by atoms with Crippen LogP contribution in [0.1, 0.15) is 57.5 Å². The minimum Gasteiger partial charge on any atom is -0.486 e. The molecule has 0 aliphatic heterocycles. The van der Waals surface area contributed by atoms with Gasteiger partial charge in [-0.05, 0) is 67.8 Å². The van der Waals surface area contributed by atoms with Crippen LogP contribution in [0.3, 0.4) is 0 Å². The molecule has 1 unspecified atom stereocenters. The number of pyridine rings is 1. The van der Waals surface area contributed by atoms with Gasteiger partial charge in [0.15, 0.2) is 6.54 Å². The Hall–Kier alpha value is -6.16. The van der Waals surface area contributed by atoms with Crippen LogP contribution in [0.4, 0.5) is 0 Å². The number of ether oxygens (including phenoxy) is 25. The van der Waals surface area contributed by atoms with Crippen molar-refractivity contribution >= 4 is 55.7 Å². The average Bonchev–Trinajstić information content (AvgIpc) is 0.738. The molecule has 0 aliphatic rings. The first-order valence-corrected chi connectivity index (χ1v) is 39.9. The van der Waals surface area contributed by atoms with Gasteiger partial charge in [0.2, 0.25) is 23.2 Å². The van der Waals surface area contributed by atoms with Crippen molar-refractivity contribution < 1.29 is 160 Å². The second kappa shape index (κ2) is 62.9. The van der Waals surface area contributed by atoms with Gasteiger partial charge in [-0.3, -0.25) is 18.9 Å². The molecule has 0 fully saturated rings. The minimum atomic E-state index is -4.48. The van der Waals surface area contributed by atoms with E-state index in [0.717, 1.165) is 0 Å². The number of methoxy groups -OCH3 is 8. The molecule has 4 rings (SSSR count). The Morgan fingerprint density at radius 2 is 0.809 bits per heavy atom. The smallest absolute Gasteiger partial charge is 0.345 e. The van der Waals surface area contributed by atoms with Gasteiger partial charge in [0.25, 0.3) is 16.0 Å². The van der Waals surface area contributed by atoms with E-state index in [4.69, 9.17) is 124 Å². The lowest BCUT2D eigenvalue weighted by Gasteiger charge is -2.27. The second-order valence-electron chi connectivity index (χ2n) is 25.9. The zero-order chi connectivity index (χ0) is 83.5. The maximum absolute atomic E-state index is 16.0. The number of esters is 1. The van der Waals surface area contributed by atoms with Crippen molar-refractivity contribution in [2.45, 2.75) is 82.9 Å². The zero-order valence-electron chi connectivity index (χ0n) is 68.6. The number of aromatic nitrogens is 1. The Morgan fingerprint density at radius 3 is 1.21 bits per heavy atom. The van der Waals surface area contributed by atoms with E-state index in [0.29, 0.717) is 75.0 Å². The lowest BCUT2D eigenvalue weighted by atomic mass is 10.0. The van der Waals surface area contributed by atoms with E-state index in [1.807, 2.05) is 4.57 Å². The number of nitrogens with one attached hydrogen (secondary N) is 2. The Labute approximate surface area is 675 Å². The molecule has 0 aliphatic carbocycles. The Morgan fingerprint density at radius 1 is 0.426 bits per heavy atom. The maximum atomic E-state index is 16.0. The van der Waals surface area contributed by atoms with Gasteiger partial charge in [-0.15, -0.1) is 0 Å².